The number of rotatable bonds is 7. The maximum atomic E-state index is 12.9. The molecule has 14 heteroatoms. The molecule has 1 heterocycles. The molecule has 0 N–H and O–H groups in total. The van der Waals surface area contributed by atoms with Crippen molar-refractivity contribution in [3.05, 3.63) is 178 Å². The van der Waals surface area contributed by atoms with E-state index in [0.717, 1.165) is 77.0 Å². The molecule has 0 saturated carbocycles. The molecule has 380 valence electrons. The summed E-state index contributed by atoms with van der Waals surface area (Å²) in [6.07, 6.45) is 1.19. The van der Waals surface area contributed by atoms with Crippen molar-refractivity contribution in [1.29, 1.82) is 0 Å². The smallest absolute Gasteiger partial charge is 0.331 e. The predicted octanol–water partition coefficient (Wildman–Crippen LogP) is 13.2. The number of aryl methyl sites for hydroxylation is 1. The Kier molecular flexibility index (Phi) is 20.9. The first kappa shape index (κ1) is 57.6. The van der Waals surface area contributed by atoms with Crippen molar-refractivity contribution in [1.82, 2.24) is 4.57 Å². The van der Waals surface area contributed by atoms with Gasteiger partial charge in [0.05, 0.1) is 27.1 Å². The summed E-state index contributed by atoms with van der Waals surface area (Å²) < 4.78 is 2.02. The van der Waals surface area contributed by atoms with Crippen molar-refractivity contribution in [2.45, 2.75) is 93.7 Å². The van der Waals surface area contributed by atoms with Crippen LogP contribution in [0.1, 0.15) is 142 Å². The average Bonchev–Trinajstić information content (AvgIpc) is 4.06. The molecular formula is C61H62B2N4O8. The number of hydrogen-bond donors (Lipinski definition) is 0. The minimum atomic E-state index is -0.590. The highest BCUT2D eigenvalue weighted by atomic mass is 16.7. The number of Topliss-reactive ketones (excluding diaryl/α,β-unsaturated/α-hetero) is 1. The summed E-state index contributed by atoms with van der Waals surface area (Å²) >= 11 is 0. The molecule has 8 aromatic rings. The largest absolute Gasteiger partial charge is 0.344 e. The van der Waals surface area contributed by atoms with Crippen LogP contribution in [0, 0.1) is 0 Å². The number of carbonyl (C=O) groups is 5. The van der Waals surface area contributed by atoms with E-state index in [4.69, 9.17) is 25.4 Å². The molecule has 0 bridgehead atoms. The lowest BCUT2D eigenvalue weighted by Crippen LogP contribution is -2.11. The van der Waals surface area contributed by atoms with Gasteiger partial charge >= 0.3 is 17.9 Å². The van der Waals surface area contributed by atoms with Gasteiger partial charge in [-0.15, -0.1) is 0 Å². The number of aromatic nitrogens is 1. The molecule has 4 radical (unpaired) electrons. The second-order valence-corrected chi connectivity index (χ2v) is 16.7. The van der Waals surface area contributed by atoms with E-state index >= 15 is 0 Å². The summed E-state index contributed by atoms with van der Waals surface area (Å²) in [4.78, 5) is 72.4. The van der Waals surface area contributed by atoms with Crippen LogP contribution >= 0.6 is 0 Å². The Morgan fingerprint density at radius 2 is 1.00 bits per heavy atom. The lowest BCUT2D eigenvalue weighted by atomic mass is 9.80. The number of carbonyl (C=O) groups excluding carboxylic acids is 5. The molecule has 1 aromatic heterocycles. The first-order valence-electron chi connectivity index (χ1n) is 25.1. The van der Waals surface area contributed by atoms with Gasteiger partial charge in [-0.1, -0.05) is 160 Å². The van der Waals surface area contributed by atoms with E-state index < -0.39 is 17.9 Å². The number of hydrogen-bond acceptors (Lipinski definition) is 11. The minimum Gasteiger partial charge on any atom is -0.344 e. The third-order valence-electron chi connectivity index (χ3n) is 11.9. The molecule has 2 atom stereocenters. The monoisotopic (exact) mass is 1000 g/mol. The standard InChI is InChI=1S/C25H20N2O4.2C15H12BNO2.3C2H6/c1-15(26-31-16(2)28)24(29)18-9-11-22-20(13-18)21-14-19(10-12-23(21)27(22)3)25(30)17-7-5-4-6-8-17;1-9(18)19-17-14-8-13(16)15-11-5-3-2-4-10(11)6-7-12(14)15;1-9(18)19-17-14-8-13(16)12-7-6-10-4-2-3-5-11(10)15(12)14;3*1-2/h4-14H,1-3H3;2*2-7,13H,8H2,1H3;3*1-2H3/b26-15+;2*17-14+;;;. The highest BCUT2D eigenvalue weighted by molar-refractivity contribution is 6.45. The Morgan fingerprint density at radius 3 is 1.60 bits per heavy atom. The molecule has 7 aromatic carbocycles. The van der Waals surface area contributed by atoms with Crippen molar-refractivity contribution in [2.24, 2.45) is 22.5 Å². The third kappa shape index (κ3) is 13.5. The molecule has 0 amide bonds. The molecular weight excluding hydrogens is 938 g/mol. The fourth-order valence-corrected chi connectivity index (χ4v) is 8.75. The van der Waals surface area contributed by atoms with Gasteiger partial charge in [0.1, 0.15) is 5.71 Å². The third-order valence-corrected chi connectivity index (χ3v) is 11.9. The quantitative estimate of drug-likeness (QED) is 0.0502. The summed E-state index contributed by atoms with van der Waals surface area (Å²) in [6.45, 7) is 17.4. The Hall–Kier alpha value is -8.25. The number of nitrogens with zero attached hydrogens (tertiary/aromatic N) is 4. The molecule has 10 rings (SSSR count). The van der Waals surface area contributed by atoms with Gasteiger partial charge in [-0.2, -0.15) is 0 Å². The van der Waals surface area contributed by atoms with Gasteiger partial charge in [0.2, 0.25) is 5.78 Å². The average molecular weight is 1000 g/mol. The van der Waals surface area contributed by atoms with Crippen molar-refractivity contribution in [3.63, 3.8) is 0 Å². The van der Waals surface area contributed by atoms with Crippen molar-refractivity contribution in [2.75, 3.05) is 0 Å². The normalized spacial score (nSPS) is 15.0. The zero-order valence-electron chi connectivity index (χ0n) is 44.6. The van der Waals surface area contributed by atoms with Gasteiger partial charge in [0.25, 0.3) is 0 Å². The van der Waals surface area contributed by atoms with Crippen LogP contribution in [0.15, 0.2) is 155 Å². The van der Waals surface area contributed by atoms with Gasteiger partial charge in [0.15, 0.2) is 5.78 Å². The summed E-state index contributed by atoms with van der Waals surface area (Å²) in [6, 6.07) is 44.4. The second-order valence-electron chi connectivity index (χ2n) is 16.7. The zero-order chi connectivity index (χ0) is 54.9. The van der Waals surface area contributed by atoms with Crippen LogP contribution in [-0.2, 0) is 35.9 Å². The number of oxime groups is 3. The number of ketones is 2. The molecule has 2 aliphatic carbocycles. The van der Waals surface area contributed by atoms with E-state index in [0.29, 0.717) is 29.5 Å². The number of benzene rings is 7. The summed E-state index contributed by atoms with van der Waals surface area (Å²) in [5.41, 5.74) is 9.21. The topological polar surface area (TPSA) is 155 Å². The van der Waals surface area contributed by atoms with Crippen molar-refractivity contribution < 1.29 is 38.5 Å². The van der Waals surface area contributed by atoms with Crippen LogP contribution in [0.2, 0.25) is 0 Å². The lowest BCUT2D eigenvalue weighted by Gasteiger charge is -2.08. The van der Waals surface area contributed by atoms with Crippen LogP contribution in [0.25, 0.3) is 43.4 Å². The fraction of sp³-hybridized carbons (Fsp3) is 0.246. The Balaban J connectivity index is 0.000000206. The summed E-state index contributed by atoms with van der Waals surface area (Å²) in [5.74, 6) is -2.02. The van der Waals surface area contributed by atoms with E-state index in [1.807, 2.05) is 150 Å². The van der Waals surface area contributed by atoms with E-state index in [2.05, 4.69) is 38.5 Å². The highest BCUT2D eigenvalue weighted by Crippen LogP contribution is 2.38. The molecule has 12 nitrogen and oxygen atoms in total. The van der Waals surface area contributed by atoms with Gasteiger partial charge in [-0.25, -0.2) is 14.4 Å². The van der Waals surface area contributed by atoms with E-state index in [1.54, 1.807) is 24.3 Å². The minimum absolute atomic E-state index is 0.0592. The van der Waals surface area contributed by atoms with Crippen molar-refractivity contribution >= 4 is 106 Å². The van der Waals surface area contributed by atoms with E-state index in [-0.39, 0.29) is 28.9 Å². The molecule has 0 aliphatic heterocycles. The maximum absolute atomic E-state index is 12.9. The van der Waals surface area contributed by atoms with Gasteiger partial charge in [-0.05, 0) is 100 Å². The Morgan fingerprint density at radius 1 is 0.507 bits per heavy atom. The first-order chi connectivity index (χ1) is 36.2. The molecule has 2 aliphatic rings. The predicted molar refractivity (Wildman–Crippen MR) is 304 cm³/mol. The number of fused-ring (bicyclic) bond motifs is 9. The second kappa shape index (κ2) is 27.2. The molecule has 75 heavy (non-hydrogen) atoms. The van der Waals surface area contributed by atoms with Crippen molar-refractivity contribution in [3.8, 4) is 0 Å². The van der Waals surface area contributed by atoms with E-state index in [9.17, 15) is 24.0 Å². The lowest BCUT2D eigenvalue weighted by molar-refractivity contribution is -0.141. The van der Waals surface area contributed by atoms with Gasteiger partial charge in [0, 0.05) is 77.4 Å². The van der Waals surface area contributed by atoms with Crippen LogP contribution in [0.4, 0.5) is 0 Å². The van der Waals surface area contributed by atoms with Crippen LogP contribution in [-0.4, -0.2) is 66.9 Å². The molecule has 0 spiro atoms. The molecule has 0 saturated heterocycles. The Bertz CT molecular complexity index is 3470. The Labute approximate surface area is 441 Å². The molecule has 0 fully saturated rings. The van der Waals surface area contributed by atoms with Gasteiger partial charge < -0.3 is 19.1 Å². The summed E-state index contributed by atoms with van der Waals surface area (Å²) in [7, 11) is 14.2. The zero-order valence-corrected chi connectivity index (χ0v) is 44.6. The van der Waals surface area contributed by atoms with Crippen LogP contribution in [0.5, 0.6) is 0 Å². The first-order valence-corrected chi connectivity index (χ1v) is 25.1. The highest BCUT2D eigenvalue weighted by Gasteiger charge is 2.28. The van der Waals surface area contributed by atoms with Gasteiger partial charge in [-0.3, -0.25) is 9.59 Å². The SMILES string of the molecule is CC.CC.CC.CC(=O)O/N=C(\C)C(=O)c1ccc2c(c1)c1cc(C(=O)c3ccccc3)ccc1n2C.[B]C1C/C(=N\OC(C)=O)c2c1ccc1ccccc21.[B]C1C/C(=N\OC(C)=O)c2ccc3ccccc3c21. The summed E-state index contributed by atoms with van der Waals surface area (Å²) in [5, 5.41) is 17.7. The maximum Gasteiger partial charge on any atom is 0.331 e. The fourth-order valence-electron chi connectivity index (χ4n) is 8.75. The van der Waals surface area contributed by atoms with Crippen LogP contribution < -0.4 is 0 Å². The molecule has 2 unspecified atom stereocenters. The van der Waals surface area contributed by atoms with Crippen LogP contribution in [0.3, 0.4) is 0 Å². The van der Waals surface area contributed by atoms with E-state index in [1.165, 1.54) is 27.7 Å².